The zero-order valence-electron chi connectivity index (χ0n) is 14.2. The van der Waals surface area contributed by atoms with Crippen molar-refractivity contribution in [3.63, 3.8) is 0 Å². The number of hydrogen-bond acceptors (Lipinski definition) is 4. The van der Waals surface area contributed by atoms with Gasteiger partial charge in [-0.25, -0.2) is 0 Å². The van der Waals surface area contributed by atoms with Crippen LogP contribution in [-0.4, -0.2) is 35.6 Å². The third-order valence-electron chi connectivity index (χ3n) is 4.15. The van der Waals surface area contributed by atoms with Gasteiger partial charge in [-0.2, -0.15) is 0 Å². The second-order valence-electron chi connectivity index (χ2n) is 5.93. The Balaban J connectivity index is 0.00000156. The van der Waals surface area contributed by atoms with E-state index in [4.69, 9.17) is 16.3 Å². The first kappa shape index (κ1) is 22.0. The van der Waals surface area contributed by atoms with Crippen molar-refractivity contribution in [2.75, 3.05) is 19.6 Å². The molecule has 1 atom stereocenters. The fraction of sp³-hybridized carbons (Fsp3) is 0.389. The van der Waals surface area contributed by atoms with Gasteiger partial charge in [0.2, 0.25) is 0 Å². The highest BCUT2D eigenvalue weighted by atomic mass is 35.5. The molecule has 4 nitrogen and oxygen atoms in total. The molecule has 0 amide bonds. The number of nitrogens with one attached hydrogen (secondary N) is 1. The molecule has 2 aromatic rings. The minimum atomic E-state index is 0. The Hall–Kier alpha value is -1.04. The van der Waals surface area contributed by atoms with E-state index in [0.29, 0.717) is 12.6 Å². The first-order chi connectivity index (χ1) is 11.2. The van der Waals surface area contributed by atoms with Crippen molar-refractivity contribution in [2.24, 2.45) is 0 Å². The average molecular weight is 405 g/mol. The summed E-state index contributed by atoms with van der Waals surface area (Å²) in [7, 11) is 0. The maximum atomic E-state index is 6.19. The van der Waals surface area contributed by atoms with E-state index in [-0.39, 0.29) is 24.8 Å². The lowest BCUT2D eigenvalue weighted by atomic mass is 10.1. The Labute approximate surface area is 166 Å². The van der Waals surface area contributed by atoms with Gasteiger partial charge in [-0.05, 0) is 31.2 Å². The predicted molar refractivity (Wildman–Crippen MR) is 107 cm³/mol. The summed E-state index contributed by atoms with van der Waals surface area (Å²) < 4.78 is 6.01. The molecule has 1 fully saturated rings. The Bertz CT molecular complexity index is 643. The molecule has 7 heteroatoms. The second-order valence-corrected chi connectivity index (χ2v) is 6.36. The van der Waals surface area contributed by atoms with Crippen molar-refractivity contribution in [3.8, 4) is 5.75 Å². The quantitative estimate of drug-likeness (QED) is 0.819. The number of piperazine rings is 1. The Kier molecular flexibility index (Phi) is 9.54. The maximum absolute atomic E-state index is 6.19. The van der Waals surface area contributed by atoms with Crippen LogP contribution in [0.3, 0.4) is 0 Å². The van der Waals surface area contributed by atoms with Crippen LogP contribution in [0.5, 0.6) is 5.75 Å². The van der Waals surface area contributed by atoms with Crippen molar-refractivity contribution in [1.82, 2.24) is 15.2 Å². The molecule has 0 aliphatic carbocycles. The Morgan fingerprint density at radius 3 is 2.88 bits per heavy atom. The summed E-state index contributed by atoms with van der Waals surface area (Å²) in [6.07, 6.45) is 3.59. The molecule has 0 saturated carbocycles. The SMILES string of the molecule is C[C@@H]1CNCCN1Cc1cc(Cl)ccc1OCc1cccnc1.Cl.Cl. The van der Waals surface area contributed by atoms with Gasteiger partial charge in [0.1, 0.15) is 12.4 Å². The molecule has 1 N–H and O–H groups in total. The van der Waals surface area contributed by atoms with Gasteiger partial charge in [0.15, 0.2) is 0 Å². The van der Waals surface area contributed by atoms with Crippen LogP contribution in [0.25, 0.3) is 0 Å². The summed E-state index contributed by atoms with van der Waals surface area (Å²) in [4.78, 5) is 6.58. The third kappa shape index (κ3) is 6.32. The summed E-state index contributed by atoms with van der Waals surface area (Å²) in [5.74, 6) is 0.893. The second kappa shape index (κ2) is 10.8. The van der Waals surface area contributed by atoms with Crippen molar-refractivity contribution < 1.29 is 4.74 Å². The van der Waals surface area contributed by atoms with E-state index in [1.54, 1.807) is 6.20 Å². The van der Waals surface area contributed by atoms with Crippen LogP contribution in [0.1, 0.15) is 18.1 Å². The minimum absolute atomic E-state index is 0. The zero-order chi connectivity index (χ0) is 16.1. The minimum Gasteiger partial charge on any atom is -0.489 e. The topological polar surface area (TPSA) is 37.4 Å². The number of rotatable bonds is 5. The summed E-state index contributed by atoms with van der Waals surface area (Å²) in [6.45, 7) is 6.69. The van der Waals surface area contributed by atoms with E-state index in [1.807, 2.05) is 36.5 Å². The summed E-state index contributed by atoms with van der Waals surface area (Å²) >= 11 is 6.19. The van der Waals surface area contributed by atoms with Crippen molar-refractivity contribution in [2.45, 2.75) is 26.1 Å². The normalized spacial score (nSPS) is 17.3. The molecule has 0 radical (unpaired) electrons. The number of nitrogens with zero attached hydrogens (tertiary/aromatic N) is 2. The summed E-state index contributed by atoms with van der Waals surface area (Å²) in [5, 5.41) is 4.16. The van der Waals surface area contributed by atoms with E-state index in [1.165, 1.54) is 0 Å². The molecule has 25 heavy (non-hydrogen) atoms. The number of hydrogen-bond donors (Lipinski definition) is 1. The fourth-order valence-electron chi connectivity index (χ4n) is 2.79. The molecule has 2 heterocycles. The molecule has 0 unspecified atom stereocenters. The van der Waals surface area contributed by atoms with Crippen LogP contribution in [-0.2, 0) is 13.2 Å². The van der Waals surface area contributed by atoms with Gasteiger partial charge in [-0.15, -0.1) is 24.8 Å². The van der Waals surface area contributed by atoms with E-state index in [0.717, 1.165) is 48.1 Å². The Morgan fingerprint density at radius 1 is 1.32 bits per heavy atom. The number of benzene rings is 1. The predicted octanol–water partition coefficient (Wildman–Crippen LogP) is 3.95. The molecular formula is C18H24Cl3N3O. The standard InChI is InChI=1S/C18H22ClN3O.2ClH/c1-14-10-21-7-8-22(14)12-16-9-17(19)4-5-18(16)23-13-15-3-2-6-20-11-15;;/h2-6,9,11,14,21H,7-8,10,12-13H2,1H3;2*1H/t14-;;/m1../s1. The molecule has 0 spiro atoms. The third-order valence-corrected chi connectivity index (χ3v) is 4.39. The van der Waals surface area contributed by atoms with Gasteiger partial charge in [-0.1, -0.05) is 17.7 Å². The van der Waals surface area contributed by atoms with Crippen LogP contribution in [0.15, 0.2) is 42.7 Å². The monoisotopic (exact) mass is 403 g/mol. The van der Waals surface area contributed by atoms with Crippen LogP contribution < -0.4 is 10.1 Å². The summed E-state index contributed by atoms with van der Waals surface area (Å²) in [5.41, 5.74) is 2.19. The molecule has 3 rings (SSSR count). The fourth-order valence-corrected chi connectivity index (χ4v) is 2.99. The van der Waals surface area contributed by atoms with E-state index < -0.39 is 0 Å². The number of halogens is 3. The van der Waals surface area contributed by atoms with Gasteiger partial charge in [0, 0.05) is 60.8 Å². The number of ether oxygens (including phenoxy) is 1. The maximum Gasteiger partial charge on any atom is 0.124 e. The molecule has 1 aromatic heterocycles. The lowest BCUT2D eigenvalue weighted by Crippen LogP contribution is -2.49. The Morgan fingerprint density at radius 2 is 2.16 bits per heavy atom. The van der Waals surface area contributed by atoms with Crippen LogP contribution in [0.2, 0.25) is 5.02 Å². The van der Waals surface area contributed by atoms with Crippen LogP contribution >= 0.6 is 36.4 Å². The molecule has 1 aliphatic rings. The highest BCUT2D eigenvalue weighted by molar-refractivity contribution is 6.30. The van der Waals surface area contributed by atoms with E-state index >= 15 is 0 Å². The highest BCUT2D eigenvalue weighted by Crippen LogP contribution is 2.26. The average Bonchev–Trinajstić information content (AvgIpc) is 2.57. The molecule has 1 aromatic carbocycles. The van der Waals surface area contributed by atoms with Crippen molar-refractivity contribution in [3.05, 3.63) is 58.9 Å². The van der Waals surface area contributed by atoms with Crippen LogP contribution in [0, 0.1) is 0 Å². The lowest BCUT2D eigenvalue weighted by Gasteiger charge is -2.34. The van der Waals surface area contributed by atoms with Crippen LogP contribution in [0.4, 0.5) is 0 Å². The first-order valence-electron chi connectivity index (χ1n) is 7.97. The summed E-state index contributed by atoms with van der Waals surface area (Å²) in [6, 6.07) is 10.3. The van der Waals surface area contributed by atoms with Gasteiger partial charge < -0.3 is 10.1 Å². The van der Waals surface area contributed by atoms with E-state index in [2.05, 4.69) is 22.1 Å². The highest BCUT2D eigenvalue weighted by Gasteiger charge is 2.19. The number of aromatic nitrogens is 1. The molecular weight excluding hydrogens is 381 g/mol. The molecule has 1 saturated heterocycles. The first-order valence-corrected chi connectivity index (χ1v) is 8.35. The van der Waals surface area contributed by atoms with E-state index in [9.17, 15) is 0 Å². The molecule has 1 aliphatic heterocycles. The van der Waals surface area contributed by atoms with Crippen molar-refractivity contribution >= 4 is 36.4 Å². The van der Waals surface area contributed by atoms with Gasteiger partial charge in [0.05, 0.1) is 0 Å². The zero-order valence-corrected chi connectivity index (χ0v) is 16.5. The smallest absolute Gasteiger partial charge is 0.124 e. The largest absolute Gasteiger partial charge is 0.489 e. The lowest BCUT2D eigenvalue weighted by molar-refractivity contribution is 0.163. The van der Waals surface area contributed by atoms with Gasteiger partial charge in [-0.3, -0.25) is 9.88 Å². The van der Waals surface area contributed by atoms with Gasteiger partial charge in [0.25, 0.3) is 0 Å². The van der Waals surface area contributed by atoms with Gasteiger partial charge >= 0.3 is 0 Å². The molecule has 0 bridgehead atoms. The van der Waals surface area contributed by atoms with Crippen molar-refractivity contribution in [1.29, 1.82) is 0 Å². The molecule has 138 valence electrons. The number of pyridine rings is 1.